The number of morpholine rings is 1. The van der Waals surface area contributed by atoms with Crippen LogP contribution in [0.5, 0.6) is 0 Å². The summed E-state index contributed by atoms with van der Waals surface area (Å²) in [5.74, 6) is -0.0615. The molecule has 1 aromatic heterocycles. The number of rotatable bonds is 4. The summed E-state index contributed by atoms with van der Waals surface area (Å²) in [4.78, 5) is 23.7. The fraction of sp³-hybridized carbons (Fsp3) is 0.190. The van der Waals surface area contributed by atoms with Gasteiger partial charge in [-0.15, -0.1) is 0 Å². The molecule has 1 fully saturated rings. The van der Waals surface area contributed by atoms with Crippen molar-refractivity contribution in [3.63, 3.8) is 0 Å². The lowest BCUT2D eigenvalue weighted by atomic mass is 9.97. The summed E-state index contributed by atoms with van der Waals surface area (Å²) in [5.41, 5.74) is 9.09. The van der Waals surface area contributed by atoms with E-state index in [1.807, 2.05) is 65.6 Å². The molecule has 6 heteroatoms. The van der Waals surface area contributed by atoms with E-state index in [4.69, 9.17) is 15.5 Å². The van der Waals surface area contributed by atoms with Gasteiger partial charge in [-0.05, 0) is 5.56 Å². The minimum Gasteiger partial charge on any atom is -0.378 e. The number of nitrogens with two attached hydrogens (primary N) is 1. The minimum atomic E-state index is -0.567. The van der Waals surface area contributed by atoms with Crippen LogP contribution in [-0.4, -0.2) is 42.2 Å². The second-order valence-electron chi connectivity index (χ2n) is 6.29. The molecule has 0 spiro atoms. The number of primary amides is 1. The second kappa shape index (κ2) is 7.55. The molecule has 1 saturated heterocycles. The first-order chi connectivity index (χ1) is 13.2. The molecule has 0 unspecified atom stereocenters. The largest absolute Gasteiger partial charge is 0.378 e. The Balaban J connectivity index is 1.97. The second-order valence-corrected chi connectivity index (χ2v) is 6.29. The molecular formula is C21H20N4O2. The third kappa shape index (κ3) is 3.52. The normalized spacial score (nSPS) is 14.1. The third-order valence-corrected chi connectivity index (χ3v) is 4.53. The van der Waals surface area contributed by atoms with Gasteiger partial charge >= 0.3 is 0 Å². The van der Waals surface area contributed by atoms with Crippen LogP contribution >= 0.6 is 0 Å². The van der Waals surface area contributed by atoms with E-state index in [2.05, 4.69) is 4.98 Å². The molecule has 0 aliphatic carbocycles. The minimum absolute atomic E-state index is 0.233. The summed E-state index contributed by atoms with van der Waals surface area (Å²) in [7, 11) is 0. The highest BCUT2D eigenvalue weighted by atomic mass is 16.5. The molecule has 1 aliphatic heterocycles. The Kier molecular flexibility index (Phi) is 4.80. The van der Waals surface area contributed by atoms with Gasteiger partial charge in [0.2, 0.25) is 5.95 Å². The summed E-state index contributed by atoms with van der Waals surface area (Å²) < 4.78 is 5.42. The molecule has 0 bridgehead atoms. The van der Waals surface area contributed by atoms with Gasteiger partial charge in [-0.2, -0.15) is 0 Å². The van der Waals surface area contributed by atoms with Crippen LogP contribution in [0, 0.1) is 0 Å². The van der Waals surface area contributed by atoms with E-state index in [9.17, 15) is 4.79 Å². The number of benzene rings is 2. The Morgan fingerprint density at radius 2 is 1.48 bits per heavy atom. The van der Waals surface area contributed by atoms with Crippen molar-refractivity contribution in [2.75, 3.05) is 31.2 Å². The Morgan fingerprint density at radius 3 is 2.07 bits per heavy atom. The van der Waals surface area contributed by atoms with E-state index in [0.29, 0.717) is 43.5 Å². The fourth-order valence-electron chi connectivity index (χ4n) is 3.22. The number of ether oxygens (including phenoxy) is 1. The number of anilines is 1. The standard InChI is InChI=1S/C21H20N4O2/c22-20(26)19-17(15-7-3-1-4-8-15)18(16-9-5-2-6-10-16)23-21(24-19)25-11-13-27-14-12-25/h1-10H,11-14H2,(H2,22,26). The SMILES string of the molecule is NC(=O)c1nc(N2CCOCC2)nc(-c2ccccc2)c1-c1ccccc1. The van der Waals surface area contributed by atoms with Crippen molar-refractivity contribution in [3.8, 4) is 22.4 Å². The Bertz CT molecular complexity index is 939. The predicted octanol–water partition coefficient (Wildman–Crippen LogP) is 2.75. The molecular weight excluding hydrogens is 340 g/mol. The third-order valence-electron chi connectivity index (χ3n) is 4.53. The molecule has 2 N–H and O–H groups in total. The van der Waals surface area contributed by atoms with E-state index in [0.717, 1.165) is 11.1 Å². The molecule has 136 valence electrons. The summed E-state index contributed by atoms with van der Waals surface area (Å²) in [6.07, 6.45) is 0. The van der Waals surface area contributed by atoms with Crippen LogP contribution in [-0.2, 0) is 4.74 Å². The van der Waals surface area contributed by atoms with Gasteiger partial charge in [0.15, 0.2) is 0 Å². The number of nitrogens with zero attached hydrogens (tertiary/aromatic N) is 3. The van der Waals surface area contributed by atoms with Gasteiger partial charge < -0.3 is 15.4 Å². The highest BCUT2D eigenvalue weighted by Crippen LogP contribution is 2.34. The first-order valence-electron chi connectivity index (χ1n) is 8.89. The van der Waals surface area contributed by atoms with Crippen molar-refractivity contribution < 1.29 is 9.53 Å². The van der Waals surface area contributed by atoms with Gasteiger partial charge in [-0.1, -0.05) is 60.7 Å². The molecule has 0 radical (unpaired) electrons. The number of hydrogen-bond acceptors (Lipinski definition) is 5. The molecule has 27 heavy (non-hydrogen) atoms. The molecule has 2 aromatic carbocycles. The fourth-order valence-corrected chi connectivity index (χ4v) is 3.22. The smallest absolute Gasteiger partial charge is 0.268 e. The van der Waals surface area contributed by atoms with Gasteiger partial charge in [0.1, 0.15) is 5.69 Å². The molecule has 3 aromatic rings. The Morgan fingerprint density at radius 1 is 0.889 bits per heavy atom. The zero-order chi connectivity index (χ0) is 18.6. The van der Waals surface area contributed by atoms with Crippen LogP contribution in [0.15, 0.2) is 60.7 Å². The van der Waals surface area contributed by atoms with Gasteiger partial charge in [0.25, 0.3) is 5.91 Å². The number of amides is 1. The molecule has 1 aliphatic rings. The maximum Gasteiger partial charge on any atom is 0.268 e. The average molecular weight is 360 g/mol. The van der Waals surface area contributed by atoms with Crippen molar-refractivity contribution in [2.45, 2.75) is 0 Å². The van der Waals surface area contributed by atoms with E-state index in [-0.39, 0.29) is 5.69 Å². The Labute approximate surface area is 157 Å². The van der Waals surface area contributed by atoms with Crippen LogP contribution in [0.3, 0.4) is 0 Å². The first-order valence-corrected chi connectivity index (χ1v) is 8.89. The lowest BCUT2D eigenvalue weighted by Gasteiger charge is -2.28. The molecule has 0 saturated carbocycles. The monoisotopic (exact) mass is 360 g/mol. The summed E-state index contributed by atoms with van der Waals surface area (Å²) in [6.45, 7) is 2.57. The number of carbonyl (C=O) groups is 1. The van der Waals surface area contributed by atoms with Crippen LogP contribution < -0.4 is 10.6 Å². The van der Waals surface area contributed by atoms with Crippen molar-refractivity contribution >= 4 is 11.9 Å². The highest BCUT2D eigenvalue weighted by Gasteiger charge is 2.23. The molecule has 1 amide bonds. The summed E-state index contributed by atoms with van der Waals surface area (Å²) >= 11 is 0. The quantitative estimate of drug-likeness (QED) is 0.774. The molecule has 4 rings (SSSR count). The van der Waals surface area contributed by atoms with Crippen molar-refractivity contribution in [2.24, 2.45) is 5.73 Å². The molecule has 6 nitrogen and oxygen atoms in total. The van der Waals surface area contributed by atoms with E-state index < -0.39 is 5.91 Å². The van der Waals surface area contributed by atoms with E-state index in [1.54, 1.807) is 0 Å². The molecule has 2 heterocycles. The van der Waals surface area contributed by atoms with E-state index >= 15 is 0 Å². The maximum absolute atomic E-state index is 12.3. The van der Waals surface area contributed by atoms with Crippen LogP contribution in [0.2, 0.25) is 0 Å². The lowest BCUT2D eigenvalue weighted by molar-refractivity contribution is 0.0996. The highest BCUT2D eigenvalue weighted by molar-refractivity contribution is 6.02. The van der Waals surface area contributed by atoms with Gasteiger partial charge in [0, 0.05) is 24.2 Å². The van der Waals surface area contributed by atoms with Crippen LogP contribution in [0.4, 0.5) is 5.95 Å². The topological polar surface area (TPSA) is 81.3 Å². The van der Waals surface area contributed by atoms with Crippen LogP contribution in [0.1, 0.15) is 10.5 Å². The zero-order valence-electron chi connectivity index (χ0n) is 14.8. The van der Waals surface area contributed by atoms with Crippen molar-refractivity contribution in [1.82, 2.24) is 9.97 Å². The zero-order valence-corrected chi connectivity index (χ0v) is 14.8. The Hall–Kier alpha value is -3.25. The summed E-state index contributed by atoms with van der Waals surface area (Å²) in [5, 5.41) is 0. The lowest BCUT2D eigenvalue weighted by Crippen LogP contribution is -2.38. The predicted molar refractivity (Wildman–Crippen MR) is 104 cm³/mol. The van der Waals surface area contributed by atoms with Gasteiger partial charge in [-0.3, -0.25) is 4.79 Å². The summed E-state index contributed by atoms with van der Waals surface area (Å²) in [6, 6.07) is 19.4. The number of carbonyl (C=O) groups excluding carboxylic acids is 1. The number of aromatic nitrogens is 2. The van der Waals surface area contributed by atoms with Gasteiger partial charge in [-0.25, -0.2) is 9.97 Å². The van der Waals surface area contributed by atoms with E-state index in [1.165, 1.54) is 0 Å². The first kappa shape index (κ1) is 17.2. The number of hydrogen-bond donors (Lipinski definition) is 1. The van der Waals surface area contributed by atoms with Gasteiger partial charge in [0.05, 0.1) is 18.9 Å². The van der Waals surface area contributed by atoms with Crippen molar-refractivity contribution in [1.29, 1.82) is 0 Å². The molecule has 0 atom stereocenters. The maximum atomic E-state index is 12.3. The van der Waals surface area contributed by atoms with Crippen molar-refractivity contribution in [3.05, 3.63) is 66.4 Å². The average Bonchev–Trinajstić information content (AvgIpc) is 2.74. The van der Waals surface area contributed by atoms with Crippen LogP contribution in [0.25, 0.3) is 22.4 Å².